The van der Waals surface area contributed by atoms with E-state index in [9.17, 15) is 9.90 Å². The number of hydrogen-bond acceptors (Lipinski definition) is 4. The van der Waals surface area contributed by atoms with Gasteiger partial charge < -0.3 is 15.2 Å². The van der Waals surface area contributed by atoms with Crippen molar-refractivity contribution in [2.24, 2.45) is 0 Å². The SMILES string of the molecule is COC(=O)c1cccc(NC(C)c2ccccc2O)c1. The number of para-hydroxylation sites is 1. The van der Waals surface area contributed by atoms with Gasteiger partial charge in [-0.05, 0) is 31.2 Å². The highest BCUT2D eigenvalue weighted by atomic mass is 16.5. The predicted octanol–water partition coefficient (Wildman–Crippen LogP) is 3.35. The van der Waals surface area contributed by atoms with E-state index in [1.165, 1.54) is 7.11 Å². The van der Waals surface area contributed by atoms with Crippen LogP contribution >= 0.6 is 0 Å². The van der Waals surface area contributed by atoms with Gasteiger partial charge in [0.15, 0.2) is 0 Å². The van der Waals surface area contributed by atoms with Gasteiger partial charge in [-0.2, -0.15) is 0 Å². The zero-order valence-corrected chi connectivity index (χ0v) is 11.5. The Morgan fingerprint density at radius 3 is 2.65 bits per heavy atom. The first kappa shape index (κ1) is 13.9. The van der Waals surface area contributed by atoms with Crippen LogP contribution in [0.1, 0.15) is 28.9 Å². The van der Waals surface area contributed by atoms with Crippen molar-refractivity contribution in [1.29, 1.82) is 0 Å². The van der Waals surface area contributed by atoms with Crippen molar-refractivity contribution < 1.29 is 14.6 Å². The lowest BCUT2D eigenvalue weighted by Crippen LogP contribution is -2.08. The summed E-state index contributed by atoms with van der Waals surface area (Å²) in [5.41, 5.74) is 2.08. The molecule has 2 rings (SSSR count). The average Bonchev–Trinajstić information content (AvgIpc) is 2.47. The monoisotopic (exact) mass is 271 g/mol. The molecule has 0 spiro atoms. The molecular weight excluding hydrogens is 254 g/mol. The lowest BCUT2D eigenvalue weighted by molar-refractivity contribution is 0.0601. The third-order valence-electron chi connectivity index (χ3n) is 3.07. The van der Waals surface area contributed by atoms with E-state index in [1.54, 1.807) is 30.3 Å². The van der Waals surface area contributed by atoms with E-state index in [1.807, 2.05) is 25.1 Å². The van der Waals surface area contributed by atoms with Crippen LogP contribution in [0.4, 0.5) is 5.69 Å². The largest absolute Gasteiger partial charge is 0.508 e. The first-order valence-electron chi connectivity index (χ1n) is 6.34. The Labute approximate surface area is 118 Å². The van der Waals surface area contributed by atoms with Crippen LogP contribution in [0.5, 0.6) is 5.75 Å². The quantitative estimate of drug-likeness (QED) is 0.837. The highest BCUT2D eigenvalue weighted by molar-refractivity contribution is 5.90. The van der Waals surface area contributed by atoms with E-state index in [4.69, 9.17) is 4.74 Å². The van der Waals surface area contributed by atoms with Gasteiger partial charge >= 0.3 is 5.97 Å². The van der Waals surface area contributed by atoms with Gasteiger partial charge in [0.25, 0.3) is 0 Å². The second-order valence-electron chi connectivity index (χ2n) is 4.50. The summed E-state index contributed by atoms with van der Waals surface area (Å²) in [4.78, 5) is 11.5. The third-order valence-corrected chi connectivity index (χ3v) is 3.07. The number of esters is 1. The molecule has 0 fully saturated rings. The summed E-state index contributed by atoms with van der Waals surface area (Å²) in [5, 5.41) is 13.1. The van der Waals surface area contributed by atoms with E-state index < -0.39 is 0 Å². The minimum Gasteiger partial charge on any atom is -0.508 e. The van der Waals surface area contributed by atoms with Gasteiger partial charge in [-0.3, -0.25) is 0 Å². The van der Waals surface area contributed by atoms with Crippen LogP contribution in [0.3, 0.4) is 0 Å². The van der Waals surface area contributed by atoms with E-state index in [0.29, 0.717) is 5.56 Å². The molecule has 0 aliphatic heterocycles. The Bertz CT molecular complexity index is 610. The van der Waals surface area contributed by atoms with Crippen molar-refractivity contribution in [2.75, 3.05) is 12.4 Å². The number of nitrogens with one attached hydrogen (secondary N) is 1. The maximum absolute atomic E-state index is 11.5. The number of hydrogen-bond donors (Lipinski definition) is 2. The van der Waals surface area contributed by atoms with Crippen molar-refractivity contribution in [3.8, 4) is 5.75 Å². The van der Waals surface area contributed by atoms with Gasteiger partial charge in [0.05, 0.1) is 18.7 Å². The van der Waals surface area contributed by atoms with Crippen molar-refractivity contribution in [3.05, 3.63) is 59.7 Å². The summed E-state index contributed by atoms with van der Waals surface area (Å²) in [6.07, 6.45) is 0. The van der Waals surface area contributed by atoms with E-state index in [-0.39, 0.29) is 17.8 Å². The molecule has 0 aliphatic rings. The summed E-state index contributed by atoms with van der Waals surface area (Å²) in [6.45, 7) is 1.94. The van der Waals surface area contributed by atoms with Gasteiger partial charge in [0.2, 0.25) is 0 Å². The fourth-order valence-corrected chi connectivity index (χ4v) is 2.04. The van der Waals surface area contributed by atoms with Crippen LogP contribution in [0.2, 0.25) is 0 Å². The van der Waals surface area contributed by atoms with Gasteiger partial charge in [-0.1, -0.05) is 24.3 Å². The van der Waals surface area contributed by atoms with Gasteiger partial charge in [-0.25, -0.2) is 4.79 Å². The second kappa shape index (κ2) is 6.10. The van der Waals surface area contributed by atoms with Crippen molar-refractivity contribution in [1.82, 2.24) is 0 Å². The number of carbonyl (C=O) groups is 1. The van der Waals surface area contributed by atoms with Gasteiger partial charge in [0.1, 0.15) is 5.75 Å². The zero-order valence-electron chi connectivity index (χ0n) is 11.5. The van der Waals surface area contributed by atoms with Crippen LogP contribution in [-0.2, 0) is 4.74 Å². The van der Waals surface area contributed by atoms with Gasteiger partial charge in [-0.15, -0.1) is 0 Å². The summed E-state index contributed by atoms with van der Waals surface area (Å²) in [5.74, 6) is -0.125. The molecule has 4 heteroatoms. The highest BCUT2D eigenvalue weighted by Gasteiger charge is 2.11. The van der Waals surface area contributed by atoms with Crippen LogP contribution in [0.15, 0.2) is 48.5 Å². The van der Waals surface area contributed by atoms with Crippen molar-refractivity contribution >= 4 is 11.7 Å². The predicted molar refractivity (Wildman–Crippen MR) is 77.9 cm³/mol. The maximum Gasteiger partial charge on any atom is 0.337 e. The molecule has 0 saturated heterocycles. The molecule has 0 saturated carbocycles. The average molecular weight is 271 g/mol. The Morgan fingerprint density at radius 1 is 1.20 bits per heavy atom. The highest BCUT2D eigenvalue weighted by Crippen LogP contribution is 2.26. The standard InChI is InChI=1S/C16H17NO3/c1-11(14-8-3-4-9-15(14)18)17-13-7-5-6-12(10-13)16(19)20-2/h3-11,17-18H,1-2H3. The Morgan fingerprint density at radius 2 is 1.95 bits per heavy atom. The lowest BCUT2D eigenvalue weighted by Gasteiger charge is -2.17. The first-order valence-corrected chi connectivity index (χ1v) is 6.34. The summed E-state index contributed by atoms with van der Waals surface area (Å²) < 4.78 is 4.69. The molecule has 0 aromatic heterocycles. The molecule has 0 bridgehead atoms. The molecule has 0 heterocycles. The molecule has 104 valence electrons. The number of carbonyl (C=O) groups excluding carboxylic acids is 1. The number of anilines is 1. The molecule has 0 amide bonds. The smallest absolute Gasteiger partial charge is 0.337 e. The minimum atomic E-state index is -0.371. The molecule has 1 atom stereocenters. The summed E-state index contributed by atoms with van der Waals surface area (Å²) in [7, 11) is 1.35. The van der Waals surface area contributed by atoms with Crippen LogP contribution < -0.4 is 5.32 Å². The first-order chi connectivity index (χ1) is 9.61. The number of benzene rings is 2. The van der Waals surface area contributed by atoms with Gasteiger partial charge in [0, 0.05) is 11.3 Å². The summed E-state index contributed by atoms with van der Waals surface area (Å²) >= 11 is 0. The van der Waals surface area contributed by atoms with E-state index >= 15 is 0 Å². The normalized spacial score (nSPS) is 11.7. The number of methoxy groups -OCH3 is 1. The molecule has 2 aromatic carbocycles. The fraction of sp³-hybridized carbons (Fsp3) is 0.188. The molecule has 1 unspecified atom stereocenters. The Kier molecular flexibility index (Phi) is 4.25. The molecular formula is C16H17NO3. The number of phenols is 1. The van der Waals surface area contributed by atoms with Crippen LogP contribution in [-0.4, -0.2) is 18.2 Å². The van der Waals surface area contributed by atoms with Crippen molar-refractivity contribution in [2.45, 2.75) is 13.0 Å². The topological polar surface area (TPSA) is 58.6 Å². The Hall–Kier alpha value is -2.49. The molecule has 20 heavy (non-hydrogen) atoms. The Balaban J connectivity index is 2.18. The maximum atomic E-state index is 11.5. The molecule has 0 aliphatic carbocycles. The molecule has 4 nitrogen and oxygen atoms in total. The number of aromatic hydroxyl groups is 1. The minimum absolute atomic E-state index is 0.0795. The van der Waals surface area contributed by atoms with Crippen LogP contribution in [0.25, 0.3) is 0 Å². The summed E-state index contributed by atoms with van der Waals surface area (Å²) in [6, 6.07) is 14.2. The zero-order chi connectivity index (χ0) is 14.5. The van der Waals surface area contributed by atoms with Crippen LogP contribution in [0, 0.1) is 0 Å². The van der Waals surface area contributed by atoms with Crippen molar-refractivity contribution in [3.63, 3.8) is 0 Å². The van der Waals surface area contributed by atoms with E-state index in [2.05, 4.69) is 5.32 Å². The molecule has 0 radical (unpaired) electrons. The molecule has 2 aromatic rings. The van der Waals surface area contributed by atoms with E-state index in [0.717, 1.165) is 11.3 Å². The molecule has 2 N–H and O–H groups in total. The second-order valence-corrected chi connectivity index (χ2v) is 4.50. The number of rotatable bonds is 4. The number of ether oxygens (including phenoxy) is 1. The fourth-order valence-electron chi connectivity index (χ4n) is 2.04. The third kappa shape index (κ3) is 3.09. The number of phenolic OH excluding ortho intramolecular Hbond substituents is 1. The lowest BCUT2D eigenvalue weighted by atomic mass is 10.1.